The van der Waals surface area contributed by atoms with Gasteiger partial charge in [-0.25, -0.2) is 0 Å². The van der Waals surface area contributed by atoms with E-state index in [4.69, 9.17) is 18.5 Å². The molecular formula is C74H114NO8P. The minimum Gasteiger partial charge on any atom is -0.756 e. The molecule has 0 aromatic carbocycles. The summed E-state index contributed by atoms with van der Waals surface area (Å²) in [4.78, 5) is 38.0. The van der Waals surface area contributed by atoms with Gasteiger partial charge in [-0.05, 0) is 148 Å². The maximum Gasteiger partial charge on any atom is 0.306 e. The highest BCUT2D eigenvalue weighted by Crippen LogP contribution is 2.38. The van der Waals surface area contributed by atoms with Crippen LogP contribution in [0.15, 0.2) is 207 Å². The second-order valence-electron chi connectivity index (χ2n) is 21.3. The predicted octanol–water partition coefficient (Wildman–Crippen LogP) is 20.1. The van der Waals surface area contributed by atoms with Gasteiger partial charge < -0.3 is 27.9 Å². The number of carbonyl (C=O) groups is 2. The van der Waals surface area contributed by atoms with E-state index in [0.29, 0.717) is 23.9 Å². The first-order chi connectivity index (χ1) is 41.0. The molecule has 0 heterocycles. The maximum atomic E-state index is 12.8. The van der Waals surface area contributed by atoms with Gasteiger partial charge in [-0.2, -0.15) is 0 Å². The smallest absolute Gasteiger partial charge is 0.306 e. The molecule has 0 saturated heterocycles. The lowest BCUT2D eigenvalue weighted by molar-refractivity contribution is -0.870. The highest BCUT2D eigenvalue weighted by molar-refractivity contribution is 7.45. The van der Waals surface area contributed by atoms with Gasteiger partial charge in [-0.1, -0.05) is 240 Å². The van der Waals surface area contributed by atoms with Crippen molar-refractivity contribution in [2.45, 2.75) is 200 Å². The van der Waals surface area contributed by atoms with E-state index in [1.807, 2.05) is 21.1 Å². The first kappa shape index (κ1) is 78.6. The van der Waals surface area contributed by atoms with Crippen molar-refractivity contribution in [3.05, 3.63) is 207 Å². The largest absolute Gasteiger partial charge is 0.756 e. The number of ether oxygens (including phenoxy) is 2. The molecule has 0 saturated carbocycles. The molecule has 2 atom stereocenters. The van der Waals surface area contributed by atoms with Crippen LogP contribution in [0.1, 0.15) is 194 Å². The molecule has 0 aromatic rings. The molecule has 0 aliphatic carbocycles. The van der Waals surface area contributed by atoms with Crippen LogP contribution in [0.3, 0.4) is 0 Å². The van der Waals surface area contributed by atoms with Crippen LogP contribution in [0.5, 0.6) is 0 Å². The molecule has 0 bridgehead atoms. The van der Waals surface area contributed by atoms with Crippen LogP contribution in [0.25, 0.3) is 0 Å². The van der Waals surface area contributed by atoms with Crippen molar-refractivity contribution >= 4 is 19.8 Å². The first-order valence-corrected chi connectivity index (χ1v) is 33.3. The Morgan fingerprint density at radius 2 is 0.643 bits per heavy atom. The Balaban J connectivity index is 4.34. The summed E-state index contributed by atoms with van der Waals surface area (Å²) in [6.45, 7) is 3.89. The second kappa shape index (κ2) is 62.1. The van der Waals surface area contributed by atoms with Crippen molar-refractivity contribution < 1.29 is 42.1 Å². The summed E-state index contributed by atoms with van der Waals surface area (Å²) in [5, 5.41) is 0. The van der Waals surface area contributed by atoms with Crippen LogP contribution in [0.2, 0.25) is 0 Å². The van der Waals surface area contributed by atoms with E-state index in [-0.39, 0.29) is 26.1 Å². The third-order valence-corrected chi connectivity index (χ3v) is 13.3. The lowest BCUT2D eigenvalue weighted by atomic mass is 10.1. The average molecular weight is 1180 g/mol. The minimum absolute atomic E-state index is 0.0562. The lowest BCUT2D eigenvalue weighted by Crippen LogP contribution is -2.37. The molecule has 0 rings (SSSR count). The van der Waals surface area contributed by atoms with Gasteiger partial charge in [0.25, 0.3) is 7.82 Å². The van der Waals surface area contributed by atoms with E-state index < -0.39 is 32.5 Å². The van der Waals surface area contributed by atoms with Crippen LogP contribution < -0.4 is 4.89 Å². The van der Waals surface area contributed by atoms with Crippen LogP contribution in [0.4, 0.5) is 0 Å². The Kier molecular flexibility index (Phi) is 58.1. The maximum absolute atomic E-state index is 12.8. The molecule has 0 fully saturated rings. The number of likely N-dealkylation sites (N-methyl/N-ethyl adjacent to an activating group) is 1. The number of unbranched alkanes of at least 4 members (excludes halogenated alkanes) is 7. The van der Waals surface area contributed by atoms with E-state index in [2.05, 4.69) is 220 Å². The summed E-state index contributed by atoms with van der Waals surface area (Å²) in [6.07, 6.45) is 98.8. The second-order valence-corrected chi connectivity index (χ2v) is 22.7. The number of allylic oxidation sites excluding steroid dienone is 34. The van der Waals surface area contributed by atoms with E-state index in [1.54, 1.807) is 0 Å². The van der Waals surface area contributed by atoms with Gasteiger partial charge in [-0.3, -0.25) is 14.2 Å². The van der Waals surface area contributed by atoms with E-state index in [0.717, 1.165) is 154 Å². The van der Waals surface area contributed by atoms with Crippen LogP contribution >= 0.6 is 7.82 Å². The molecule has 0 radical (unpaired) electrons. The molecule has 0 aromatic heterocycles. The van der Waals surface area contributed by atoms with Crippen LogP contribution in [0, 0.1) is 0 Å². The summed E-state index contributed by atoms with van der Waals surface area (Å²) in [5.41, 5.74) is 0. The van der Waals surface area contributed by atoms with Crippen molar-refractivity contribution in [3.63, 3.8) is 0 Å². The minimum atomic E-state index is -4.68. The van der Waals surface area contributed by atoms with Gasteiger partial charge in [0.05, 0.1) is 27.7 Å². The van der Waals surface area contributed by atoms with Crippen LogP contribution in [-0.2, 0) is 32.7 Å². The molecule has 9 nitrogen and oxygen atoms in total. The van der Waals surface area contributed by atoms with Crippen molar-refractivity contribution in [2.75, 3.05) is 47.5 Å². The van der Waals surface area contributed by atoms with Crippen LogP contribution in [-0.4, -0.2) is 70.0 Å². The van der Waals surface area contributed by atoms with Gasteiger partial charge in [-0.15, -0.1) is 0 Å². The third kappa shape index (κ3) is 65.7. The Labute approximate surface area is 513 Å². The highest BCUT2D eigenvalue weighted by Gasteiger charge is 2.21. The normalized spacial score (nSPS) is 14.6. The topological polar surface area (TPSA) is 111 Å². The summed E-state index contributed by atoms with van der Waals surface area (Å²) in [6, 6.07) is 0. The zero-order valence-electron chi connectivity index (χ0n) is 53.0. The molecule has 0 amide bonds. The number of hydrogen-bond acceptors (Lipinski definition) is 8. The lowest BCUT2D eigenvalue weighted by Gasteiger charge is -2.28. The molecule has 0 aliphatic rings. The SMILES string of the molecule is CC/C=C\C/C=C\C/C=C\C/C=C\C/C=C\C/C=C\C/C=C\C/C=C\C/C=C\C/C=C\CCCCC(=O)OC(COC(=O)CCCCCCC/C=C\C/C=C\C/C=C\C/C=C\C/C=C\C/C=C\C/C=C\CC)COP(=O)([O-])OCC[N+](C)(C)C. The number of hydrogen-bond donors (Lipinski definition) is 0. The summed E-state index contributed by atoms with van der Waals surface area (Å²) >= 11 is 0. The van der Waals surface area contributed by atoms with E-state index >= 15 is 0 Å². The number of nitrogens with zero attached hydrogens (tertiary/aromatic N) is 1. The van der Waals surface area contributed by atoms with E-state index in [1.165, 1.54) is 0 Å². The summed E-state index contributed by atoms with van der Waals surface area (Å²) in [5.74, 6) is -0.928. The highest BCUT2D eigenvalue weighted by atomic mass is 31.2. The predicted molar refractivity (Wildman–Crippen MR) is 359 cm³/mol. The fourth-order valence-electron chi connectivity index (χ4n) is 7.48. The average Bonchev–Trinajstić information content (AvgIpc) is 3.61. The molecule has 10 heteroatoms. The quantitative estimate of drug-likeness (QED) is 0.0195. The number of rotatable bonds is 55. The van der Waals surface area contributed by atoms with Gasteiger partial charge in [0.1, 0.15) is 19.8 Å². The molecule has 0 aliphatic heterocycles. The van der Waals surface area contributed by atoms with Crippen molar-refractivity contribution in [2.24, 2.45) is 0 Å². The summed E-state index contributed by atoms with van der Waals surface area (Å²) in [7, 11) is 1.09. The first-order valence-electron chi connectivity index (χ1n) is 31.8. The van der Waals surface area contributed by atoms with Gasteiger partial charge in [0.15, 0.2) is 6.10 Å². The molecule has 0 N–H and O–H groups in total. The fraction of sp³-hybridized carbons (Fsp3) is 0.514. The zero-order valence-corrected chi connectivity index (χ0v) is 53.9. The molecule has 2 unspecified atom stereocenters. The summed E-state index contributed by atoms with van der Waals surface area (Å²) < 4.78 is 34.1. The van der Waals surface area contributed by atoms with Gasteiger partial charge in [0.2, 0.25) is 0 Å². The Hall–Kier alpha value is -5.41. The monoisotopic (exact) mass is 1180 g/mol. The van der Waals surface area contributed by atoms with Gasteiger partial charge >= 0.3 is 11.9 Å². The molecular weight excluding hydrogens is 1060 g/mol. The van der Waals surface area contributed by atoms with Crippen molar-refractivity contribution in [1.82, 2.24) is 0 Å². The fourth-order valence-corrected chi connectivity index (χ4v) is 8.21. The Bertz CT molecular complexity index is 2170. The van der Waals surface area contributed by atoms with E-state index in [9.17, 15) is 19.0 Å². The third-order valence-electron chi connectivity index (χ3n) is 12.3. The number of carbonyl (C=O) groups excluding carboxylic acids is 2. The van der Waals surface area contributed by atoms with Crippen molar-refractivity contribution in [3.8, 4) is 0 Å². The standard InChI is InChI=1S/C74H114NO8P/c1-6-8-10-12-14-16-18-20-22-24-26-28-30-32-34-35-36-37-38-39-41-43-45-47-49-51-53-55-57-59-61-63-65-67-74(77)83-72(71-82-84(78,79)81-69-68-75(3,4)5)70-80-73(76)66-64-62-60-58-56-54-52-50-48-46-44-42-40-33-31-29-27-25-23-21-19-17-15-13-11-9-7-2/h8-11,14-17,20-23,26-29,32-34,36-37,39-41,44-47,50-53,57,59,72H,6-7,12-13,18-19,24-25,30-31,35,38,42-43,48-49,54-56,58,60-71H2,1-5H3/b10-8-,11-9-,16-14-,17-15-,22-20-,23-21-,28-26-,29-27-,34-32-,37-36-,40-33-,41-39-,46-44-,47-45-,52-50-,53-51-,59-57-. The number of phosphoric ester groups is 1. The number of phosphoric acid groups is 1. The Morgan fingerprint density at radius 3 is 0.976 bits per heavy atom. The number of quaternary nitrogens is 1. The zero-order chi connectivity index (χ0) is 61.2. The van der Waals surface area contributed by atoms with Crippen molar-refractivity contribution in [1.29, 1.82) is 0 Å². The molecule has 84 heavy (non-hydrogen) atoms. The van der Waals surface area contributed by atoms with Gasteiger partial charge in [0, 0.05) is 12.8 Å². The molecule has 0 spiro atoms. The Morgan fingerprint density at radius 1 is 0.369 bits per heavy atom. The number of esters is 2. The molecule has 468 valence electrons.